The number of aromatic amines is 1. The highest BCUT2D eigenvalue weighted by Crippen LogP contribution is 2.21. The number of Topliss-reactive ketones (excluding diaryl/α,β-unsaturated/α-hetero) is 1. The summed E-state index contributed by atoms with van der Waals surface area (Å²) in [5.74, 6) is -0.824. The van der Waals surface area contributed by atoms with Crippen LogP contribution in [0.3, 0.4) is 0 Å². The van der Waals surface area contributed by atoms with Crippen molar-refractivity contribution in [3.8, 4) is 5.69 Å². The lowest BCUT2D eigenvalue weighted by Crippen LogP contribution is -2.23. The average Bonchev–Trinajstić information content (AvgIpc) is 3.33. The second kappa shape index (κ2) is 8.44. The number of rotatable bonds is 6. The van der Waals surface area contributed by atoms with Crippen LogP contribution in [-0.4, -0.2) is 32.6 Å². The molecule has 156 valence electrons. The minimum Gasteiger partial charge on any atom is -0.451 e. The van der Waals surface area contributed by atoms with Gasteiger partial charge in [0.1, 0.15) is 0 Å². The van der Waals surface area contributed by atoms with Crippen molar-refractivity contribution in [2.75, 3.05) is 0 Å². The molecule has 1 atom stereocenters. The number of carbonyl (C=O) groups excluding carboxylic acids is 2. The predicted molar refractivity (Wildman–Crippen MR) is 120 cm³/mol. The van der Waals surface area contributed by atoms with E-state index in [2.05, 4.69) is 10.1 Å². The van der Waals surface area contributed by atoms with Gasteiger partial charge in [-0.3, -0.25) is 4.79 Å². The number of ketones is 1. The Bertz CT molecular complexity index is 1280. The number of benzene rings is 2. The number of carbonyl (C=O) groups is 2. The molecule has 6 heteroatoms. The first kappa shape index (κ1) is 20.3. The van der Waals surface area contributed by atoms with Crippen molar-refractivity contribution in [1.82, 2.24) is 14.8 Å². The third kappa shape index (κ3) is 4.05. The molecular weight excluding hydrogens is 390 g/mol. The van der Waals surface area contributed by atoms with E-state index in [1.807, 2.05) is 73.1 Å². The summed E-state index contributed by atoms with van der Waals surface area (Å²) in [7, 11) is 0. The molecule has 6 nitrogen and oxygen atoms in total. The Balaban J connectivity index is 1.47. The SMILES string of the molecule is Cc1nn(-c2ccccc2)c(C)c1/C=C/C(=O)O[C@@H](C)C(=O)c1c[nH]c2ccccc12. The molecule has 0 amide bonds. The molecular formula is C25H23N3O3. The van der Waals surface area contributed by atoms with E-state index in [0.29, 0.717) is 5.56 Å². The van der Waals surface area contributed by atoms with Gasteiger partial charge in [-0.25, -0.2) is 9.48 Å². The van der Waals surface area contributed by atoms with Crippen LogP contribution in [-0.2, 0) is 9.53 Å². The molecule has 2 aromatic heterocycles. The Morgan fingerprint density at radius 3 is 2.55 bits per heavy atom. The lowest BCUT2D eigenvalue weighted by Gasteiger charge is -2.10. The molecule has 0 fully saturated rings. The smallest absolute Gasteiger partial charge is 0.331 e. The van der Waals surface area contributed by atoms with Gasteiger partial charge in [-0.15, -0.1) is 0 Å². The fourth-order valence-electron chi connectivity index (χ4n) is 3.63. The van der Waals surface area contributed by atoms with E-state index < -0.39 is 12.1 Å². The third-order valence-electron chi connectivity index (χ3n) is 5.25. The predicted octanol–water partition coefficient (Wildman–Crippen LogP) is 4.80. The van der Waals surface area contributed by atoms with E-state index in [1.54, 1.807) is 19.2 Å². The van der Waals surface area contributed by atoms with E-state index in [0.717, 1.165) is 33.5 Å². The molecule has 4 aromatic rings. The second-order valence-electron chi connectivity index (χ2n) is 7.36. The molecule has 0 aliphatic carbocycles. The molecule has 0 unspecified atom stereocenters. The van der Waals surface area contributed by atoms with Crippen LogP contribution in [0.25, 0.3) is 22.7 Å². The molecule has 0 aliphatic rings. The maximum absolute atomic E-state index is 12.8. The Morgan fingerprint density at radius 2 is 1.77 bits per heavy atom. The first-order valence-electron chi connectivity index (χ1n) is 10.1. The Kier molecular flexibility index (Phi) is 5.54. The zero-order valence-electron chi connectivity index (χ0n) is 17.6. The summed E-state index contributed by atoms with van der Waals surface area (Å²) in [6.45, 7) is 5.42. The van der Waals surface area contributed by atoms with E-state index in [9.17, 15) is 9.59 Å². The Morgan fingerprint density at radius 1 is 1.06 bits per heavy atom. The topological polar surface area (TPSA) is 77.0 Å². The molecule has 0 saturated heterocycles. The minimum atomic E-state index is -0.898. The van der Waals surface area contributed by atoms with E-state index in [-0.39, 0.29) is 5.78 Å². The van der Waals surface area contributed by atoms with Crippen molar-refractivity contribution >= 4 is 28.7 Å². The highest BCUT2D eigenvalue weighted by Gasteiger charge is 2.21. The second-order valence-corrected chi connectivity index (χ2v) is 7.36. The summed E-state index contributed by atoms with van der Waals surface area (Å²) in [6, 6.07) is 17.3. The summed E-state index contributed by atoms with van der Waals surface area (Å²) in [5, 5.41) is 5.38. The van der Waals surface area contributed by atoms with Gasteiger partial charge in [-0.1, -0.05) is 36.4 Å². The van der Waals surface area contributed by atoms with Crippen molar-refractivity contribution in [2.24, 2.45) is 0 Å². The van der Waals surface area contributed by atoms with Crippen LogP contribution in [0.2, 0.25) is 0 Å². The summed E-state index contributed by atoms with van der Waals surface area (Å²) in [4.78, 5) is 28.2. The highest BCUT2D eigenvalue weighted by atomic mass is 16.5. The zero-order chi connectivity index (χ0) is 22.0. The maximum Gasteiger partial charge on any atom is 0.331 e. The van der Waals surface area contributed by atoms with Crippen LogP contribution in [0.15, 0.2) is 66.9 Å². The number of H-pyrrole nitrogens is 1. The molecule has 2 heterocycles. The van der Waals surface area contributed by atoms with E-state index in [1.165, 1.54) is 6.08 Å². The van der Waals surface area contributed by atoms with Crippen LogP contribution in [0.4, 0.5) is 0 Å². The lowest BCUT2D eigenvalue weighted by atomic mass is 10.1. The zero-order valence-corrected chi connectivity index (χ0v) is 17.6. The number of esters is 1. The van der Waals surface area contributed by atoms with Crippen LogP contribution < -0.4 is 0 Å². The number of para-hydroxylation sites is 2. The first-order valence-corrected chi connectivity index (χ1v) is 10.1. The quantitative estimate of drug-likeness (QED) is 0.280. The Labute approximate surface area is 180 Å². The number of ether oxygens (including phenoxy) is 1. The van der Waals surface area contributed by atoms with Crippen molar-refractivity contribution in [3.05, 3.63) is 89.4 Å². The van der Waals surface area contributed by atoms with Gasteiger partial charge < -0.3 is 9.72 Å². The van der Waals surface area contributed by atoms with Gasteiger partial charge in [-0.05, 0) is 45.0 Å². The van der Waals surface area contributed by atoms with E-state index >= 15 is 0 Å². The number of aryl methyl sites for hydroxylation is 1. The number of nitrogens with zero attached hydrogens (tertiary/aromatic N) is 2. The van der Waals surface area contributed by atoms with Crippen molar-refractivity contribution in [1.29, 1.82) is 0 Å². The highest BCUT2D eigenvalue weighted by molar-refractivity contribution is 6.10. The average molecular weight is 413 g/mol. The molecule has 0 radical (unpaired) electrons. The van der Waals surface area contributed by atoms with Gasteiger partial charge in [0, 0.05) is 40.0 Å². The summed E-state index contributed by atoms with van der Waals surface area (Å²) in [6.07, 6.45) is 3.77. The van der Waals surface area contributed by atoms with Crippen molar-refractivity contribution < 1.29 is 14.3 Å². The van der Waals surface area contributed by atoms with Crippen LogP contribution in [0, 0.1) is 13.8 Å². The molecule has 0 bridgehead atoms. The maximum atomic E-state index is 12.8. The Hall–Kier alpha value is -3.93. The van der Waals surface area contributed by atoms with Gasteiger partial charge in [-0.2, -0.15) is 5.10 Å². The monoisotopic (exact) mass is 413 g/mol. The normalized spacial score (nSPS) is 12.4. The summed E-state index contributed by atoms with van der Waals surface area (Å²) < 4.78 is 7.20. The van der Waals surface area contributed by atoms with Crippen molar-refractivity contribution in [2.45, 2.75) is 26.9 Å². The lowest BCUT2D eigenvalue weighted by molar-refractivity contribution is -0.140. The molecule has 0 aliphatic heterocycles. The number of nitrogens with one attached hydrogen (secondary N) is 1. The minimum absolute atomic E-state index is 0.247. The first-order chi connectivity index (χ1) is 15.0. The van der Waals surface area contributed by atoms with Crippen molar-refractivity contribution in [3.63, 3.8) is 0 Å². The van der Waals surface area contributed by atoms with Gasteiger partial charge in [0.05, 0.1) is 11.4 Å². The number of fused-ring (bicyclic) bond motifs is 1. The molecule has 0 saturated carbocycles. The molecule has 4 rings (SSSR count). The largest absolute Gasteiger partial charge is 0.451 e. The van der Waals surface area contributed by atoms with Gasteiger partial charge >= 0.3 is 5.97 Å². The number of aromatic nitrogens is 3. The van der Waals surface area contributed by atoms with Crippen LogP contribution in [0.5, 0.6) is 0 Å². The fraction of sp³-hybridized carbons (Fsp3) is 0.160. The fourth-order valence-corrected chi connectivity index (χ4v) is 3.63. The number of hydrogen-bond donors (Lipinski definition) is 1. The third-order valence-corrected chi connectivity index (χ3v) is 5.25. The summed E-state index contributed by atoms with van der Waals surface area (Å²) in [5.41, 5.74) is 4.88. The standard InChI is InChI=1S/C25H23N3O3/c1-16-20(17(2)28(27-16)19-9-5-4-6-10-19)13-14-24(29)31-18(3)25(30)22-15-26-23-12-8-7-11-21(22)23/h4-15,18,26H,1-3H3/b14-13+/t18-/m0/s1. The van der Waals surface area contributed by atoms with Gasteiger partial charge in [0.2, 0.25) is 5.78 Å². The molecule has 31 heavy (non-hydrogen) atoms. The van der Waals surface area contributed by atoms with Gasteiger partial charge in [0.25, 0.3) is 0 Å². The van der Waals surface area contributed by atoms with Gasteiger partial charge in [0.15, 0.2) is 6.10 Å². The number of hydrogen-bond acceptors (Lipinski definition) is 4. The molecule has 2 aromatic carbocycles. The molecule has 1 N–H and O–H groups in total. The summed E-state index contributed by atoms with van der Waals surface area (Å²) >= 11 is 0. The van der Waals surface area contributed by atoms with E-state index in [4.69, 9.17) is 4.74 Å². The molecule has 0 spiro atoms. The van der Waals surface area contributed by atoms with Crippen LogP contribution in [0.1, 0.15) is 34.2 Å². The van der Waals surface area contributed by atoms with Crippen LogP contribution >= 0.6 is 0 Å².